The van der Waals surface area contributed by atoms with E-state index in [1.54, 1.807) is 18.5 Å². The third-order valence-electron chi connectivity index (χ3n) is 3.29. The Hall–Kier alpha value is -2.76. The highest BCUT2D eigenvalue weighted by Gasteiger charge is 2.17. The van der Waals surface area contributed by atoms with Crippen LogP contribution in [0.2, 0.25) is 0 Å². The van der Waals surface area contributed by atoms with Crippen molar-refractivity contribution in [2.24, 2.45) is 0 Å². The summed E-state index contributed by atoms with van der Waals surface area (Å²) in [5.74, 6) is -1.08. The Morgan fingerprint density at radius 3 is 2.57 bits per heavy atom. The van der Waals surface area contributed by atoms with Gasteiger partial charge in [-0.2, -0.15) is 0 Å². The molecule has 2 aromatic rings. The molecular formula is C17H17FN2O3. The van der Waals surface area contributed by atoms with Crippen LogP contribution in [0.25, 0.3) is 0 Å². The molecule has 120 valence electrons. The Balaban J connectivity index is 2.15. The van der Waals surface area contributed by atoms with Gasteiger partial charge < -0.3 is 9.64 Å². The van der Waals surface area contributed by atoms with Crippen LogP contribution in [0, 0.1) is 5.82 Å². The van der Waals surface area contributed by atoms with Gasteiger partial charge in [-0.15, -0.1) is 0 Å². The average Bonchev–Trinajstić information content (AvgIpc) is 2.59. The van der Waals surface area contributed by atoms with E-state index in [9.17, 15) is 14.0 Å². The van der Waals surface area contributed by atoms with Crippen molar-refractivity contribution < 1.29 is 18.7 Å². The number of ether oxygens (including phenoxy) is 1. The number of methoxy groups -OCH3 is 1. The first-order chi connectivity index (χ1) is 11.1. The van der Waals surface area contributed by atoms with Crippen LogP contribution in [-0.2, 0) is 16.1 Å². The zero-order valence-corrected chi connectivity index (χ0v) is 12.7. The minimum Gasteiger partial charge on any atom is -0.469 e. The van der Waals surface area contributed by atoms with E-state index < -0.39 is 11.8 Å². The third kappa shape index (κ3) is 4.88. The van der Waals surface area contributed by atoms with E-state index in [1.807, 2.05) is 6.07 Å². The number of carbonyl (C=O) groups excluding carboxylic acids is 2. The lowest BCUT2D eigenvalue weighted by molar-refractivity contribution is -0.140. The second-order valence-electron chi connectivity index (χ2n) is 4.92. The lowest BCUT2D eigenvalue weighted by atomic mass is 10.1. The van der Waals surface area contributed by atoms with Crippen molar-refractivity contribution in [1.82, 2.24) is 9.88 Å². The van der Waals surface area contributed by atoms with Gasteiger partial charge in [0, 0.05) is 31.0 Å². The molecule has 0 aliphatic rings. The van der Waals surface area contributed by atoms with E-state index in [-0.39, 0.29) is 18.9 Å². The van der Waals surface area contributed by atoms with Crippen LogP contribution in [0.4, 0.5) is 4.39 Å². The molecule has 0 N–H and O–H groups in total. The highest BCUT2D eigenvalue weighted by Crippen LogP contribution is 2.11. The quantitative estimate of drug-likeness (QED) is 0.768. The van der Waals surface area contributed by atoms with Gasteiger partial charge in [0.25, 0.3) is 5.91 Å². The number of pyridine rings is 1. The summed E-state index contributed by atoms with van der Waals surface area (Å²) in [6, 6.07) is 8.93. The summed E-state index contributed by atoms with van der Waals surface area (Å²) in [6.45, 7) is 0.513. The lowest BCUT2D eigenvalue weighted by Crippen LogP contribution is -2.32. The number of benzene rings is 1. The molecule has 0 spiro atoms. The average molecular weight is 316 g/mol. The predicted molar refractivity (Wildman–Crippen MR) is 82.0 cm³/mol. The Labute approximate surface area is 133 Å². The van der Waals surface area contributed by atoms with Crippen molar-refractivity contribution in [3.05, 3.63) is 65.7 Å². The number of carbonyl (C=O) groups is 2. The summed E-state index contributed by atoms with van der Waals surface area (Å²) in [5, 5.41) is 0. The monoisotopic (exact) mass is 316 g/mol. The summed E-state index contributed by atoms with van der Waals surface area (Å²) in [6.07, 6.45) is 3.39. The molecule has 0 radical (unpaired) electrons. The fraction of sp³-hybridized carbons (Fsp3) is 0.235. The van der Waals surface area contributed by atoms with Crippen LogP contribution in [0.5, 0.6) is 0 Å². The number of halogens is 1. The molecule has 0 aliphatic carbocycles. The fourth-order valence-electron chi connectivity index (χ4n) is 2.07. The van der Waals surface area contributed by atoms with Gasteiger partial charge >= 0.3 is 5.97 Å². The van der Waals surface area contributed by atoms with Gasteiger partial charge in [-0.25, -0.2) is 4.39 Å². The molecule has 1 amide bonds. The summed E-state index contributed by atoms with van der Waals surface area (Å²) < 4.78 is 17.6. The molecule has 0 saturated heterocycles. The molecule has 1 aromatic heterocycles. The molecule has 0 fully saturated rings. The van der Waals surface area contributed by atoms with E-state index >= 15 is 0 Å². The van der Waals surface area contributed by atoms with Crippen LogP contribution in [0.1, 0.15) is 22.3 Å². The normalized spacial score (nSPS) is 10.2. The van der Waals surface area contributed by atoms with E-state index in [1.165, 1.54) is 36.3 Å². The molecule has 1 heterocycles. The van der Waals surface area contributed by atoms with Gasteiger partial charge in [-0.05, 0) is 35.9 Å². The van der Waals surface area contributed by atoms with Crippen molar-refractivity contribution in [3.63, 3.8) is 0 Å². The van der Waals surface area contributed by atoms with Gasteiger partial charge in [-0.1, -0.05) is 6.07 Å². The Morgan fingerprint density at radius 1 is 1.22 bits per heavy atom. The highest BCUT2D eigenvalue weighted by molar-refractivity contribution is 5.94. The molecule has 0 aliphatic heterocycles. The SMILES string of the molecule is COC(=O)CCN(Cc1cccnc1)C(=O)c1ccc(F)cc1. The molecular weight excluding hydrogens is 299 g/mol. The second kappa shape index (κ2) is 8.03. The zero-order valence-electron chi connectivity index (χ0n) is 12.7. The summed E-state index contributed by atoms with van der Waals surface area (Å²) in [7, 11) is 1.30. The molecule has 6 heteroatoms. The van der Waals surface area contributed by atoms with Crippen molar-refractivity contribution >= 4 is 11.9 Å². The van der Waals surface area contributed by atoms with Crippen LogP contribution >= 0.6 is 0 Å². The first-order valence-electron chi connectivity index (χ1n) is 7.10. The summed E-state index contributed by atoms with van der Waals surface area (Å²) in [5.41, 5.74) is 1.20. The molecule has 5 nitrogen and oxygen atoms in total. The molecule has 0 bridgehead atoms. The zero-order chi connectivity index (χ0) is 16.7. The molecule has 0 atom stereocenters. The highest BCUT2D eigenvalue weighted by atomic mass is 19.1. The van der Waals surface area contributed by atoms with Crippen molar-refractivity contribution in [1.29, 1.82) is 0 Å². The Bertz CT molecular complexity index is 659. The maximum absolute atomic E-state index is 13.0. The third-order valence-corrected chi connectivity index (χ3v) is 3.29. The number of esters is 1. The second-order valence-corrected chi connectivity index (χ2v) is 4.92. The van der Waals surface area contributed by atoms with Crippen LogP contribution < -0.4 is 0 Å². The molecule has 0 saturated carbocycles. The van der Waals surface area contributed by atoms with Crippen LogP contribution in [0.3, 0.4) is 0 Å². The van der Waals surface area contributed by atoms with Gasteiger partial charge in [-0.3, -0.25) is 14.6 Å². The first kappa shape index (κ1) is 16.6. The number of amides is 1. The number of aromatic nitrogens is 1. The summed E-state index contributed by atoms with van der Waals surface area (Å²) >= 11 is 0. The van der Waals surface area contributed by atoms with Crippen LogP contribution in [0.15, 0.2) is 48.8 Å². The Kier molecular flexibility index (Phi) is 5.80. The van der Waals surface area contributed by atoms with Gasteiger partial charge in [0.05, 0.1) is 13.5 Å². The number of rotatable bonds is 6. The molecule has 2 rings (SSSR count). The van der Waals surface area contributed by atoms with Crippen LogP contribution in [-0.4, -0.2) is 35.4 Å². The number of nitrogens with zero attached hydrogens (tertiary/aromatic N) is 2. The number of hydrogen-bond acceptors (Lipinski definition) is 4. The van der Waals surface area contributed by atoms with E-state index in [2.05, 4.69) is 9.72 Å². The van der Waals surface area contributed by atoms with Gasteiger partial charge in [0.2, 0.25) is 0 Å². The summed E-state index contributed by atoms with van der Waals surface area (Å²) in [4.78, 5) is 29.5. The Morgan fingerprint density at radius 2 is 1.96 bits per heavy atom. The standard InChI is InChI=1S/C17H17FN2O3/c1-23-16(21)8-10-20(12-13-3-2-9-19-11-13)17(22)14-4-6-15(18)7-5-14/h2-7,9,11H,8,10,12H2,1H3. The predicted octanol–water partition coefficient (Wildman–Crippen LogP) is 2.43. The maximum atomic E-state index is 13.0. The van der Waals surface area contributed by atoms with Crippen molar-refractivity contribution in [3.8, 4) is 0 Å². The van der Waals surface area contributed by atoms with E-state index in [0.29, 0.717) is 12.1 Å². The minimum atomic E-state index is -0.407. The molecule has 23 heavy (non-hydrogen) atoms. The maximum Gasteiger partial charge on any atom is 0.307 e. The van der Waals surface area contributed by atoms with E-state index in [4.69, 9.17) is 0 Å². The number of hydrogen-bond donors (Lipinski definition) is 0. The van der Waals surface area contributed by atoms with Crippen molar-refractivity contribution in [2.75, 3.05) is 13.7 Å². The van der Waals surface area contributed by atoms with Gasteiger partial charge in [0.1, 0.15) is 5.82 Å². The largest absolute Gasteiger partial charge is 0.469 e. The van der Waals surface area contributed by atoms with Crippen molar-refractivity contribution in [2.45, 2.75) is 13.0 Å². The van der Waals surface area contributed by atoms with E-state index in [0.717, 1.165) is 5.56 Å². The first-order valence-corrected chi connectivity index (χ1v) is 7.10. The lowest BCUT2D eigenvalue weighted by Gasteiger charge is -2.22. The molecule has 1 aromatic carbocycles. The topological polar surface area (TPSA) is 59.5 Å². The minimum absolute atomic E-state index is 0.0870. The van der Waals surface area contributed by atoms with Gasteiger partial charge in [0.15, 0.2) is 0 Å². The molecule has 0 unspecified atom stereocenters. The fourth-order valence-corrected chi connectivity index (χ4v) is 2.07. The smallest absolute Gasteiger partial charge is 0.307 e.